The summed E-state index contributed by atoms with van der Waals surface area (Å²) in [7, 11) is 0. The van der Waals surface area contributed by atoms with Crippen LogP contribution in [0.15, 0.2) is 0 Å². The summed E-state index contributed by atoms with van der Waals surface area (Å²) in [5, 5.41) is 6.33. The van der Waals surface area contributed by atoms with Gasteiger partial charge in [0.2, 0.25) is 5.91 Å². The third-order valence-corrected chi connectivity index (χ3v) is 2.93. The van der Waals surface area contributed by atoms with Crippen LogP contribution in [0, 0.1) is 5.92 Å². The van der Waals surface area contributed by atoms with Crippen LogP contribution in [0.5, 0.6) is 0 Å². The molecule has 0 aliphatic carbocycles. The van der Waals surface area contributed by atoms with E-state index < -0.39 is 0 Å². The van der Waals surface area contributed by atoms with Crippen molar-refractivity contribution in [3.8, 4) is 0 Å². The van der Waals surface area contributed by atoms with E-state index in [0.29, 0.717) is 12.0 Å². The number of rotatable bonds is 8. The van der Waals surface area contributed by atoms with Crippen molar-refractivity contribution in [1.29, 1.82) is 0 Å². The van der Waals surface area contributed by atoms with E-state index >= 15 is 0 Å². The van der Waals surface area contributed by atoms with E-state index in [1.807, 2.05) is 6.92 Å². The Morgan fingerprint density at radius 1 is 1.19 bits per heavy atom. The van der Waals surface area contributed by atoms with Crippen molar-refractivity contribution in [2.75, 3.05) is 6.54 Å². The van der Waals surface area contributed by atoms with E-state index in [-0.39, 0.29) is 11.9 Å². The zero-order chi connectivity index (χ0) is 12.6. The molecule has 0 saturated carbocycles. The van der Waals surface area contributed by atoms with Crippen molar-refractivity contribution in [3.05, 3.63) is 0 Å². The van der Waals surface area contributed by atoms with Crippen LogP contribution in [0.1, 0.15) is 53.9 Å². The van der Waals surface area contributed by atoms with Crippen molar-refractivity contribution in [3.63, 3.8) is 0 Å². The van der Waals surface area contributed by atoms with Crippen LogP contribution in [-0.4, -0.2) is 24.5 Å². The fourth-order valence-electron chi connectivity index (χ4n) is 1.72. The minimum atomic E-state index is -0.0933. The summed E-state index contributed by atoms with van der Waals surface area (Å²) in [6, 6.07) is 0.330. The Morgan fingerprint density at radius 3 is 2.25 bits per heavy atom. The van der Waals surface area contributed by atoms with Gasteiger partial charge in [-0.2, -0.15) is 0 Å². The average molecular weight is 228 g/mol. The van der Waals surface area contributed by atoms with E-state index in [2.05, 4.69) is 38.3 Å². The van der Waals surface area contributed by atoms with Gasteiger partial charge in [0, 0.05) is 12.6 Å². The molecule has 0 aromatic rings. The minimum Gasteiger partial charge on any atom is -0.355 e. The molecule has 0 aliphatic heterocycles. The second kappa shape index (κ2) is 8.57. The number of hydrogen-bond donors (Lipinski definition) is 2. The highest BCUT2D eigenvalue weighted by Gasteiger charge is 2.18. The fraction of sp³-hybridized carbons (Fsp3) is 0.923. The lowest BCUT2D eigenvalue weighted by Gasteiger charge is -2.24. The summed E-state index contributed by atoms with van der Waals surface area (Å²) in [6.45, 7) is 11.4. The molecule has 16 heavy (non-hydrogen) atoms. The molecule has 2 atom stereocenters. The first-order valence-electron chi connectivity index (χ1n) is 6.56. The molecule has 0 aromatic carbocycles. The first-order chi connectivity index (χ1) is 7.52. The summed E-state index contributed by atoms with van der Waals surface area (Å²) in [5.41, 5.74) is 0. The molecule has 2 unspecified atom stereocenters. The third-order valence-electron chi connectivity index (χ3n) is 2.93. The largest absolute Gasteiger partial charge is 0.355 e. The van der Waals surface area contributed by atoms with Crippen molar-refractivity contribution in [1.82, 2.24) is 10.6 Å². The molecule has 0 heterocycles. The van der Waals surface area contributed by atoms with E-state index in [0.717, 1.165) is 25.8 Å². The summed E-state index contributed by atoms with van der Waals surface area (Å²) >= 11 is 0. The maximum absolute atomic E-state index is 11.7. The summed E-state index contributed by atoms with van der Waals surface area (Å²) in [4.78, 5) is 11.7. The zero-order valence-corrected chi connectivity index (χ0v) is 11.5. The molecule has 2 N–H and O–H groups in total. The molecule has 0 spiro atoms. The van der Waals surface area contributed by atoms with Crippen LogP contribution >= 0.6 is 0 Å². The van der Waals surface area contributed by atoms with Gasteiger partial charge in [0.05, 0.1) is 6.04 Å². The van der Waals surface area contributed by atoms with Gasteiger partial charge in [-0.3, -0.25) is 4.79 Å². The average Bonchev–Trinajstić information content (AvgIpc) is 2.25. The fourth-order valence-corrected chi connectivity index (χ4v) is 1.72. The van der Waals surface area contributed by atoms with Gasteiger partial charge in [-0.15, -0.1) is 0 Å². The van der Waals surface area contributed by atoms with Crippen LogP contribution in [0.3, 0.4) is 0 Å². The minimum absolute atomic E-state index is 0.0933. The van der Waals surface area contributed by atoms with Crippen LogP contribution in [0.4, 0.5) is 0 Å². The maximum Gasteiger partial charge on any atom is 0.236 e. The van der Waals surface area contributed by atoms with Gasteiger partial charge < -0.3 is 10.6 Å². The maximum atomic E-state index is 11.7. The molecule has 0 saturated heterocycles. The van der Waals surface area contributed by atoms with Gasteiger partial charge in [-0.05, 0) is 25.7 Å². The van der Waals surface area contributed by atoms with E-state index in [1.54, 1.807) is 0 Å². The number of unbranched alkanes of at least 4 members (excludes halogenated alkanes) is 1. The molecule has 0 aromatic heterocycles. The standard InChI is InChI=1S/C13H28N2O/c1-6-8-9-14-13(16)11(5)15-12(7-2)10(3)4/h10-12,15H,6-9H2,1-5H3,(H,14,16). The Kier molecular flexibility index (Phi) is 8.26. The second-order valence-corrected chi connectivity index (χ2v) is 4.79. The molecule has 3 heteroatoms. The lowest BCUT2D eigenvalue weighted by atomic mass is 10.0. The molecule has 1 amide bonds. The second-order valence-electron chi connectivity index (χ2n) is 4.79. The molecule has 0 bridgehead atoms. The van der Waals surface area contributed by atoms with Crippen molar-refractivity contribution in [2.45, 2.75) is 66.0 Å². The van der Waals surface area contributed by atoms with E-state index in [1.165, 1.54) is 0 Å². The normalized spacial score (nSPS) is 14.9. The summed E-state index contributed by atoms with van der Waals surface area (Å²) < 4.78 is 0. The van der Waals surface area contributed by atoms with Gasteiger partial charge in [0.15, 0.2) is 0 Å². The first-order valence-corrected chi connectivity index (χ1v) is 6.56. The quantitative estimate of drug-likeness (QED) is 0.626. The number of amides is 1. The highest BCUT2D eigenvalue weighted by Crippen LogP contribution is 2.06. The van der Waals surface area contributed by atoms with Gasteiger partial charge in [0.25, 0.3) is 0 Å². The Hall–Kier alpha value is -0.570. The molecule has 96 valence electrons. The Bertz CT molecular complexity index is 192. The van der Waals surface area contributed by atoms with Crippen molar-refractivity contribution in [2.24, 2.45) is 5.92 Å². The van der Waals surface area contributed by atoms with E-state index in [9.17, 15) is 4.79 Å². The highest BCUT2D eigenvalue weighted by molar-refractivity contribution is 5.81. The third kappa shape index (κ3) is 6.11. The Balaban J connectivity index is 3.93. The lowest BCUT2D eigenvalue weighted by molar-refractivity contribution is -0.123. The molecule has 0 radical (unpaired) electrons. The predicted molar refractivity (Wildman–Crippen MR) is 69.4 cm³/mol. The van der Waals surface area contributed by atoms with Gasteiger partial charge in [0.1, 0.15) is 0 Å². The molecule has 0 rings (SSSR count). The number of carbonyl (C=O) groups is 1. The van der Waals surface area contributed by atoms with Crippen molar-refractivity contribution >= 4 is 5.91 Å². The topological polar surface area (TPSA) is 41.1 Å². The van der Waals surface area contributed by atoms with Gasteiger partial charge in [-0.1, -0.05) is 34.1 Å². The van der Waals surface area contributed by atoms with Crippen LogP contribution in [0.2, 0.25) is 0 Å². The van der Waals surface area contributed by atoms with E-state index in [4.69, 9.17) is 0 Å². The molecular formula is C13H28N2O. The Morgan fingerprint density at radius 2 is 1.81 bits per heavy atom. The highest BCUT2D eigenvalue weighted by atomic mass is 16.2. The lowest BCUT2D eigenvalue weighted by Crippen LogP contribution is -2.48. The van der Waals surface area contributed by atoms with Crippen LogP contribution in [-0.2, 0) is 4.79 Å². The zero-order valence-electron chi connectivity index (χ0n) is 11.5. The number of carbonyl (C=O) groups excluding carboxylic acids is 1. The summed E-state index contributed by atoms with van der Waals surface area (Å²) in [6.07, 6.45) is 3.23. The summed E-state index contributed by atoms with van der Waals surface area (Å²) in [5.74, 6) is 0.684. The van der Waals surface area contributed by atoms with Crippen molar-refractivity contribution < 1.29 is 4.79 Å². The van der Waals surface area contributed by atoms with Crippen LogP contribution < -0.4 is 10.6 Å². The predicted octanol–water partition coefficient (Wildman–Crippen LogP) is 2.32. The van der Waals surface area contributed by atoms with Crippen LogP contribution in [0.25, 0.3) is 0 Å². The smallest absolute Gasteiger partial charge is 0.236 e. The number of hydrogen-bond acceptors (Lipinski definition) is 2. The van der Waals surface area contributed by atoms with Gasteiger partial charge >= 0.3 is 0 Å². The monoisotopic (exact) mass is 228 g/mol. The molecule has 0 fully saturated rings. The van der Waals surface area contributed by atoms with Gasteiger partial charge in [-0.25, -0.2) is 0 Å². The Labute approximate surface area is 100 Å². The first kappa shape index (κ1) is 15.4. The number of nitrogens with one attached hydrogen (secondary N) is 2. The molecule has 3 nitrogen and oxygen atoms in total. The SMILES string of the molecule is CCCCNC(=O)C(C)NC(CC)C(C)C. The molecular weight excluding hydrogens is 200 g/mol. The molecule has 0 aliphatic rings.